The molecule has 0 saturated heterocycles. The molecule has 4 nitrogen and oxygen atoms in total. The number of aromatic nitrogens is 1. The van der Waals surface area contributed by atoms with Gasteiger partial charge in [0, 0.05) is 29.2 Å². The lowest BCUT2D eigenvalue weighted by molar-refractivity contribution is 0.0906. The molecule has 5 heteroatoms. The summed E-state index contributed by atoms with van der Waals surface area (Å²) in [5.74, 6) is 0.133. The Morgan fingerprint density at radius 3 is 2.89 bits per heavy atom. The number of nitrogens with one attached hydrogen (secondary N) is 1. The van der Waals surface area contributed by atoms with Crippen LogP contribution in [0, 0.1) is 5.92 Å². The van der Waals surface area contributed by atoms with Crippen LogP contribution >= 0.6 is 15.9 Å². The Hall–Kier alpha value is -0.810. The van der Waals surface area contributed by atoms with Crippen LogP contribution in [-0.4, -0.2) is 28.2 Å². The number of aliphatic hydroxyl groups is 1. The Kier molecular flexibility index (Phi) is 4.68. The van der Waals surface area contributed by atoms with Crippen molar-refractivity contribution in [3.8, 4) is 0 Å². The van der Waals surface area contributed by atoms with Crippen LogP contribution in [0.15, 0.2) is 16.7 Å². The zero-order chi connectivity index (χ0) is 14.0. The highest BCUT2D eigenvalue weighted by molar-refractivity contribution is 9.10. The van der Waals surface area contributed by atoms with E-state index in [1.807, 2.05) is 30.7 Å². The fourth-order valence-electron chi connectivity index (χ4n) is 2.62. The maximum Gasteiger partial charge on any atom is 0.267 e. The van der Waals surface area contributed by atoms with E-state index in [1.165, 1.54) is 0 Å². The van der Waals surface area contributed by atoms with Crippen LogP contribution in [0.4, 0.5) is 0 Å². The molecular weight excluding hydrogens is 308 g/mol. The molecule has 2 N–H and O–H groups in total. The van der Waals surface area contributed by atoms with Crippen LogP contribution in [-0.2, 0) is 0 Å². The van der Waals surface area contributed by atoms with Gasteiger partial charge in [-0.3, -0.25) is 4.79 Å². The van der Waals surface area contributed by atoms with Crippen molar-refractivity contribution in [3.05, 3.63) is 22.4 Å². The van der Waals surface area contributed by atoms with Crippen LogP contribution in [0.2, 0.25) is 0 Å². The van der Waals surface area contributed by atoms with Crippen LogP contribution in [0.25, 0.3) is 0 Å². The zero-order valence-corrected chi connectivity index (χ0v) is 13.0. The van der Waals surface area contributed by atoms with Gasteiger partial charge in [0.05, 0.1) is 6.10 Å². The maximum atomic E-state index is 12.2. The van der Waals surface area contributed by atoms with Gasteiger partial charge in [0.15, 0.2) is 0 Å². The van der Waals surface area contributed by atoms with Gasteiger partial charge in [-0.25, -0.2) is 0 Å². The van der Waals surface area contributed by atoms with E-state index in [0.29, 0.717) is 12.2 Å². The second-order valence-corrected chi connectivity index (χ2v) is 6.43. The number of halogens is 1. The van der Waals surface area contributed by atoms with Crippen molar-refractivity contribution in [1.29, 1.82) is 0 Å². The third kappa shape index (κ3) is 3.39. The molecule has 1 aromatic rings. The molecule has 1 aliphatic rings. The molecule has 1 amide bonds. The number of hydrogen-bond acceptors (Lipinski definition) is 2. The van der Waals surface area contributed by atoms with Crippen LogP contribution in [0.3, 0.4) is 0 Å². The SMILES string of the molecule is CC(C)n1cc(Br)cc1C(=O)NCC1CCCC1O. The molecule has 1 aromatic heterocycles. The molecule has 1 saturated carbocycles. The van der Waals surface area contributed by atoms with Gasteiger partial charge in [-0.1, -0.05) is 6.42 Å². The van der Waals surface area contributed by atoms with Crippen molar-refractivity contribution in [2.75, 3.05) is 6.54 Å². The van der Waals surface area contributed by atoms with E-state index in [2.05, 4.69) is 21.2 Å². The van der Waals surface area contributed by atoms with E-state index < -0.39 is 0 Å². The van der Waals surface area contributed by atoms with Gasteiger partial charge in [0.2, 0.25) is 0 Å². The number of rotatable bonds is 4. The minimum atomic E-state index is -0.260. The molecule has 2 atom stereocenters. The average Bonchev–Trinajstić information content (AvgIpc) is 2.92. The van der Waals surface area contributed by atoms with Gasteiger partial charge in [-0.15, -0.1) is 0 Å². The standard InChI is InChI=1S/C14H21BrN2O2/c1-9(2)17-8-11(15)6-12(17)14(19)16-7-10-4-3-5-13(10)18/h6,8-10,13,18H,3-5,7H2,1-2H3,(H,16,19). The first-order chi connectivity index (χ1) is 8.99. The molecule has 2 rings (SSSR count). The number of carbonyl (C=O) groups excluding carboxylic acids is 1. The van der Waals surface area contributed by atoms with Gasteiger partial charge < -0.3 is 15.0 Å². The van der Waals surface area contributed by atoms with Crippen molar-refractivity contribution >= 4 is 21.8 Å². The molecule has 2 unspecified atom stereocenters. The van der Waals surface area contributed by atoms with E-state index in [4.69, 9.17) is 0 Å². The van der Waals surface area contributed by atoms with Crippen molar-refractivity contribution in [2.45, 2.75) is 45.3 Å². The molecular formula is C14H21BrN2O2. The number of amides is 1. The lowest BCUT2D eigenvalue weighted by atomic mass is 10.1. The van der Waals surface area contributed by atoms with E-state index in [1.54, 1.807) is 0 Å². The third-order valence-corrected chi connectivity index (χ3v) is 4.18. The average molecular weight is 329 g/mol. The van der Waals surface area contributed by atoms with E-state index >= 15 is 0 Å². The van der Waals surface area contributed by atoms with Gasteiger partial charge in [-0.05, 0) is 48.7 Å². The number of aliphatic hydroxyl groups excluding tert-OH is 1. The fourth-order valence-corrected chi connectivity index (χ4v) is 3.06. The van der Waals surface area contributed by atoms with Crippen LogP contribution < -0.4 is 5.32 Å². The Balaban J connectivity index is 1.99. The summed E-state index contributed by atoms with van der Waals surface area (Å²) in [6.07, 6.45) is 4.56. The fraction of sp³-hybridized carbons (Fsp3) is 0.643. The summed E-state index contributed by atoms with van der Waals surface area (Å²) in [7, 11) is 0. The summed E-state index contributed by atoms with van der Waals surface area (Å²) in [6, 6.07) is 2.07. The maximum absolute atomic E-state index is 12.2. The predicted octanol–water partition coefficient (Wildman–Crippen LogP) is 2.72. The minimum absolute atomic E-state index is 0.0708. The van der Waals surface area contributed by atoms with Crippen molar-refractivity contribution in [2.24, 2.45) is 5.92 Å². The minimum Gasteiger partial charge on any atom is -0.393 e. The number of hydrogen-bond donors (Lipinski definition) is 2. The molecule has 0 spiro atoms. The second-order valence-electron chi connectivity index (χ2n) is 5.51. The smallest absolute Gasteiger partial charge is 0.267 e. The second kappa shape index (κ2) is 6.09. The molecule has 0 aromatic carbocycles. The third-order valence-electron chi connectivity index (χ3n) is 3.75. The predicted molar refractivity (Wildman–Crippen MR) is 78.2 cm³/mol. The Bertz CT molecular complexity index is 456. The molecule has 0 aliphatic heterocycles. The van der Waals surface area contributed by atoms with Crippen LogP contribution in [0.1, 0.15) is 49.6 Å². The Labute approximate surface area is 122 Å². The summed E-state index contributed by atoms with van der Waals surface area (Å²) >= 11 is 3.41. The Morgan fingerprint density at radius 1 is 1.58 bits per heavy atom. The zero-order valence-electron chi connectivity index (χ0n) is 11.4. The highest BCUT2D eigenvalue weighted by Crippen LogP contribution is 2.25. The summed E-state index contributed by atoms with van der Waals surface area (Å²) in [5.41, 5.74) is 0.661. The lowest BCUT2D eigenvalue weighted by Crippen LogP contribution is -2.33. The van der Waals surface area contributed by atoms with Crippen molar-refractivity contribution in [1.82, 2.24) is 9.88 Å². The molecule has 1 heterocycles. The highest BCUT2D eigenvalue weighted by atomic mass is 79.9. The highest BCUT2D eigenvalue weighted by Gasteiger charge is 2.26. The van der Waals surface area contributed by atoms with Crippen LogP contribution in [0.5, 0.6) is 0 Å². The van der Waals surface area contributed by atoms with E-state index in [0.717, 1.165) is 23.7 Å². The monoisotopic (exact) mass is 328 g/mol. The summed E-state index contributed by atoms with van der Waals surface area (Å²) in [5, 5.41) is 12.7. The summed E-state index contributed by atoms with van der Waals surface area (Å²) < 4.78 is 2.86. The molecule has 0 bridgehead atoms. The first-order valence-corrected chi connectivity index (χ1v) is 7.62. The lowest BCUT2D eigenvalue weighted by Gasteiger charge is -2.16. The van der Waals surface area contributed by atoms with Crippen molar-refractivity contribution < 1.29 is 9.90 Å². The molecule has 1 fully saturated rings. The first kappa shape index (κ1) is 14.6. The van der Waals surface area contributed by atoms with E-state index in [9.17, 15) is 9.90 Å². The van der Waals surface area contributed by atoms with E-state index in [-0.39, 0.29) is 24.0 Å². The normalized spacial score (nSPS) is 23.0. The number of nitrogens with zero attached hydrogens (tertiary/aromatic N) is 1. The van der Waals surface area contributed by atoms with Crippen molar-refractivity contribution in [3.63, 3.8) is 0 Å². The molecule has 1 aliphatic carbocycles. The molecule has 19 heavy (non-hydrogen) atoms. The topological polar surface area (TPSA) is 54.3 Å². The number of carbonyl (C=O) groups is 1. The quantitative estimate of drug-likeness (QED) is 0.892. The van der Waals surface area contributed by atoms with Gasteiger partial charge >= 0.3 is 0 Å². The summed E-state index contributed by atoms with van der Waals surface area (Å²) in [6.45, 7) is 4.65. The van der Waals surface area contributed by atoms with Gasteiger partial charge in [-0.2, -0.15) is 0 Å². The summed E-state index contributed by atoms with van der Waals surface area (Å²) in [4.78, 5) is 12.2. The first-order valence-electron chi connectivity index (χ1n) is 6.82. The van der Waals surface area contributed by atoms with Gasteiger partial charge in [0.1, 0.15) is 5.69 Å². The Morgan fingerprint density at radius 2 is 2.32 bits per heavy atom. The van der Waals surface area contributed by atoms with Gasteiger partial charge in [0.25, 0.3) is 5.91 Å². The molecule has 0 radical (unpaired) electrons. The molecule has 106 valence electrons. The largest absolute Gasteiger partial charge is 0.393 e.